The van der Waals surface area contributed by atoms with Crippen LogP contribution >= 0.6 is 0 Å². The predicted octanol–water partition coefficient (Wildman–Crippen LogP) is -19.4. The van der Waals surface area contributed by atoms with E-state index in [-0.39, 0.29) is 182 Å². The van der Waals surface area contributed by atoms with Gasteiger partial charge in [0.05, 0.1) is 0 Å². The molecular formula is H33As3FGa7O20-3. The molecule has 0 spiro atoms. The molecular weight excluding hydrogens is 1050 g/mol. The van der Waals surface area contributed by atoms with E-state index >= 15 is 0 Å². The first kappa shape index (κ1) is 135. The van der Waals surface area contributed by atoms with Gasteiger partial charge in [0.25, 0.3) is 0 Å². The summed E-state index contributed by atoms with van der Waals surface area (Å²) in [5, 5.41) is 0. The van der Waals surface area contributed by atoms with E-state index < -0.39 is 44.7 Å². The van der Waals surface area contributed by atoms with Gasteiger partial charge in [-0.25, -0.2) is 0 Å². The number of hydrogen-bond donors (Lipinski definition) is 10. The average Bonchev–Trinajstić information content (AvgIpc) is 1.77. The van der Waals surface area contributed by atoms with Crippen molar-refractivity contribution in [2.75, 3.05) is 0 Å². The Kier molecular flexibility index (Phi) is 334. The van der Waals surface area contributed by atoms with Crippen LogP contribution in [0.15, 0.2) is 0 Å². The second-order valence-electron chi connectivity index (χ2n) is 1.75. The van der Waals surface area contributed by atoms with Crippen LogP contribution in [-0.4, -0.2) is 267 Å². The Bertz CT molecular complexity index is 118. The summed E-state index contributed by atoms with van der Waals surface area (Å²) in [5.74, 6) is 0. The van der Waals surface area contributed by atoms with Crippen molar-refractivity contribution < 1.29 is 96.2 Å². The third kappa shape index (κ3) is 1410. The van der Waals surface area contributed by atoms with Crippen LogP contribution in [0.25, 0.3) is 0 Å². The molecule has 199 valence electrons. The van der Waals surface area contributed by atoms with Gasteiger partial charge in [-0.15, -0.1) is 0 Å². The van der Waals surface area contributed by atoms with E-state index in [1.807, 2.05) is 0 Å². The third-order valence-electron chi connectivity index (χ3n) is 0. The first-order chi connectivity index (χ1) is 7.00. The molecule has 0 saturated carbocycles. The summed E-state index contributed by atoms with van der Waals surface area (Å²) in [6.07, 6.45) is 0. The molecule has 0 aliphatic rings. The summed E-state index contributed by atoms with van der Waals surface area (Å²) < 4.78 is 101. The molecule has 0 amide bonds. The van der Waals surface area contributed by atoms with E-state index in [9.17, 15) is 3.29 Å². The molecule has 31 heavy (non-hydrogen) atoms. The maximum absolute atomic E-state index is 9.56. The van der Waals surface area contributed by atoms with Gasteiger partial charge in [-0.1, -0.05) is 0 Å². The molecule has 0 aromatic heterocycles. The molecule has 0 fully saturated rings. The van der Waals surface area contributed by atoms with Crippen LogP contribution in [0.1, 0.15) is 0 Å². The van der Waals surface area contributed by atoms with Crippen molar-refractivity contribution >= 4 is 183 Å². The molecule has 0 aromatic rings. The minimum absolute atomic E-state index is 0. The van der Waals surface area contributed by atoms with Gasteiger partial charge in [0, 0.05) is 39.6 Å². The van der Waals surface area contributed by atoms with E-state index in [0.717, 1.165) is 0 Å². The van der Waals surface area contributed by atoms with Gasteiger partial charge in [0.15, 0.2) is 0 Å². The maximum Gasteiger partial charge on any atom is -0.870 e. The van der Waals surface area contributed by atoms with Crippen LogP contribution in [0, 0.1) is 0 Å². The molecule has 0 unspecified atom stereocenters. The Balaban J connectivity index is -0.00000000403. The monoisotopic (exact) mass is 1080 g/mol. The Morgan fingerprint density at radius 1 is 0.484 bits per heavy atom. The fourth-order valence-electron chi connectivity index (χ4n) is 0. The van der Waals surface area contributed by atoms with Gasteiger partial charge < -0.3 is 43.8 Å². The molecule has 0 atom stereocenters. The van der Waals surface area contributed by atoms with Crippen LogP contribution in [0.5, 0.6) is 0 Å². The van der Waals surface area contributed by atoms with Crippen LogP contribution in [0.3, 0.4) is 0 Å². The zero-order valence-electron chi connectivity index (χ0n) is 16.0. The normalized spacial score (nSPS) is 7.52. The van der Waals surface area contributed by atoms with E-state index in [4.69, 9.17) is 49.1 Å². The SMILES string of the molecule is O.O.O.O.O.O.O.O[AsH](O)(O)O.[F][Ga].[GaH2].[GaH].[GaH].[GaH].[Ga].[Ga].[O-][AsH](O)(O)O.[O-][AsH](O)(O)O.[OH-]. The summed E-state index contributed by atoms with van der Waals surface area (Å²) in [4.78, 5) is 0. The third-order valence-corrected chi connectivity index (χ3v) is 0. The van der Waals surface area contributed by atoms with Gasteiger partial charge in [-0.2, -0.15) is 0 Å². The molecule has 25 N–H and O–H groups in total. The van der Waals surface area contributed by atoms with Crippen molar-refractivity contribution in [2.45, 2.75) is 0 Å². The van der Waals surface area contributed by atoms with Gasteiger partial charge in [0.1, 0.15) is 0 Å². The van der Waals surface area contributed by atoms with Crippen molar-refractivity contribution in [3.05, 3.63) is 0 Å². The van der Waals surface area contributed by atoms with E-state index in [0.29, 0.717) is 0 Å². The van der Waals surface area contributed by atoms with Crippen LogP contribution in [0.2, 0.25) is 0 Å². The van der Waals surface area contributed by atoms with Crippen LogP contribution in [0.4, 0.5) is 3.29 Å². The minimum atomic E-state index is -5.25. The molecule has 0 bridgehead atoms. The zero-order chi connectivity index (χ0) is 15.5. The van der Waals surface area contributed by atoms with Crippen molar-refractivity contribution in [1.82, 2.24) is 0 Å². The number of hydrogen-bond acceptors (Lipinski definition) is 13. The summed E-state index contributed by atoms with van der Waals surface area (Å²) >= 11 is -15.3. The molecule has 0 heterocycles. The molecule has 0 aromatic carbocycles. The number of rotatable bonds is 0. The van der Waals surface area contributed by atoms with Crippen LogP contribution in [-0.2, 0) is 0 Å². The quantitative estimate of drug-likeness (QED) is 0.101. The van der Waals surface area contributed by atoms with E-state index in [1.165, 1.54) is 0 Å². The Labute approximate surface area is 274 Å². The molecule has 0 aliphatic heterocycles. The Hall–Kier alpha value is 5.26. The predicted molar refractivity (Wildman–Crippen MR) is 119 cm³/mol. The Morgan fingerprint density at radius 2 is 0.484 bits per heavy atom. The minimum Gasteiger partial charge on any atom is -0.870 e. The second-order valence-corrected chi connectivity index (χ2v) is 9.08. The summed E-state index contributed by atoms with van der Waals surface area (Å²) in [5.41, 5.74) is 0. The largest absolute Gasteiger partial charge is 0.870 e. The van der Waals surface area contributed by atoms with Crippen LogP contribution < -0.4 is 8.19 Å². The summed E-state index contributed by atoms with van der Waals surface area (Å²) in [6.45, 7) is 0. The summed E-state index contributed by atoms with van der Waals surface area (Å²) in [6, 6.07) is 0. The molecule has 20 nitrogen and oxygen atoms in total. The zero-order valence-corrected chi connectivity index (χ0v) is 42.6. The second kappa shape index (κ2) is 76.5. The van der Waals surface area contributed by atoms with Gasteiger partial charge in [-0.3, -0.25) is 0 Å². The summed E-state index contributed by atoms with van der Waals surface area (Å²) in [7, 11) is 0. The smallest absolute Gasteiger partial charge is 0.870 e. The molecule has 15 radical (unpaired) electrons. The van der Waals surface area contributed by atoms with Crippen molar-refractivity contribution in [1.29, 1.82) is 0 Å². The Morgan fingerprint density at radius 3 is 0.484 bits per heavy atom. The van der Waals surface area contributed by atoms with Crippen molar-refractivity contribution in [2.24, 2.45) is 0 Å². The molecule has 0 rings (SSSR count). The van der Waals surface area contributed by atoms with Crippen molar-refractivity contribution in [3.63, 3.8) is 0 Å². The van der Waals surface area contributed by atoms with Crippen molar-refractivity contribution in [3.8, 4) is 0 Å². The topological polar surface area (TPSA) is 499 Å². The standard InChI is InChI=1S/AsH5O4.2AsH4O4.FH.7Ga.8H2O.5H/c3*2-1(3,4)5;;;;;;;;;;;;;;;;;;;;;/h1-5H;2*1-4H;1H;;;;;;;;8*1H2;;;;;/q;2*-1;;;;;;;;+1;;;;;;;;;;;;;/p-2. The first-order valence-electron chi connectivity index (χ1n) is 2.86. The molecule has 31 heteroatoms. The molecule has 0 aliphatic carbocycles. The van der Waals surface area contributed by atoms with E-state index in [1.54, 1.807) is 0 Å². The number of halogens is 1. The van der Waals surface area contributed by atoms with Gasteiger partial charge in [0.2, 0.25) is 0 Å². The van der Waals surface area contributed by atoms with Gasteiger partial charge >= 0.3 is 195 Å². The van der Waals surface area contributed by atoms with Gasteiger partial charge in [-0.05, 0) is 0 Å². The first-order valence-corrected chi connectivity index (χ1v) is 14.9. The fourth-order valence-corrected chi connectivity index (χ4v) is 0. The molecule has 0 saturated heterocycles. The maximum atomic E-state index is 9.56. The van der Waals surface area contributed by atoms with E-state index in [2.05, 4.69) is 0 Å². The average molecular weight is 1090 g/mol. The fraction of sp³-hybridized carbons (Fsp3) is 0.